The molecule has 7 nitrogen and oxygen atoms in total. The molecule has 37 heavy (non-hydrogen) atoms. The first-order chi connectivity index (χ1) is 17.9. The van der Waals surface area contributed by atoms with E-state index in [1.54, 1.807) is 0 Å². The molecule has 3 N–H and O–H groups in total. The van der Waals surface area contributed by atoms with Gasteiger partial charge in [0.05, 0.1) is 6.04 Å². The molecule has 8 heteroatoms. The molecule has 2 aliphatic carbocycles. The fourth-order valence-corrected chi connectivity index (χ4v) is 6.29. The van der Waals surface area contributed by atoms with Gasteiger partial charge < -0.3 is 25.8 Å². The molecule has 1 aliphatic heterocycles. The second kappa shape index (κ2) is 13.3. The number of piperidine rings is 1. The molecule has 0 aromatic heterocycles. The SMILES string of the molecule is CCN(CC)C(=O)N(C1CCC1)C1CCN(C(=O)[C@@H](Cc2ccc(Cl)cc2)N[C@H]2CC[C@@H](N)CC2)CC1. The highest BCUT2D eigenvalue weighted by Gasteiger charge is 2.39. The number of nitrogens with two attached hydrogens (primary N) is 1. The van der Waals surface area contributed by atoms with Gasteiger partial charge >= 0.3 is 6.03 Å². The van der Waals surface area contributed by atoms with Crippen LogP contribution in [0, 0.1) is 0 Å². The summed E-state index contributed by atoms with van der Waals surface area (Å²) in [4.78, 5) is 33.4. The highest BCUT2D eigenvalue weighted by atomic mass is 35.5. The molecular weight excluding hydrogens is 486 g/mol. The summed E-state index contributed by atoms with van der Waals surface area (Å²) in [5.41, 5.74) is 7.24. The number of nitrogens with one attached hydrogen (secondary N) is 1. The number of amides is 3. The largest absolute Gasteiger partial charge is 0.341 e. The quantitative estimate of drug-likeness (QED) is 0.494. The van der Waals surface area contributed by atoms with Crippen LogP contribution in [0.3, 0.4) is 0 Å². The number of nitrogens with zero attached hydrogens (tertiary/aromatic N) is 3. The molecule has 206 valence electrons. The molecule has 1 heterocycles. The highest BCUT2D eigenvalue weighted by Crippen LogP contribution is 2.31. The summed E-state index contributed by atoms with van der Waals surface area (Å²) in [6.07, 6.45) is 9.78. The predicted molar refractivity (Wildman–Crippen MR) is 150 cm³/mol. The van der Waals surface area contributed by atoms with E-state index in [1.807, 2.05) is 34.1 Å². The van der Waals surface area contributed by atoms with Crippen molar-refractivity contribution in [3.8, 4) is 0 Å². The van der Waals surface area contributed by atoms with Crippen LogP contribution in [-0.2, 0) is 11.2 Å². The van der Waals surface area contributed by atoms with Crippen LogP contribution in [0.1, 0.15) is 77.2 Å². The standard InChI is InChI=1S/C29H46ClN5O2/c1-3-33(4-2)29(37)35(25-6-5-7-25)26-16-18-34(19-17-26)28(36)27(20-21-8-10-22(30)11-9-21)32-24-14-12-23(31)13-15-24/h8-11,23-27,32H,3-7,12-20,31H2,1-2H3/t23-,24+,27-/m1/s1. The number of urea groups is 1. The van der Waals surface area contributed by atoms with Crippen molar-refractivity contribution in [3.63, 3.8) is 0 Å². The molecule has 0 bridgehead atoms. The zero-order valence-corrected chi connectivity index (χ0v) is 23.5. The lowest BCUT2D eigenvalue weighted by Crippen LogP contribution is -2.59. The third-order valence-corrected chi connectivity index (χ3v) is 9.00. The third kappa shape index (κ3) is 7.18. The Morgan fingerprint density at radius 3 is 2.11 bits per heavy atom. The average molecular weight is 532 g/mol. The summed E-state index contributed by atoms with van der Waals surface area (Å²) < 4.78 is 0. The Labute approximate surface area is 228 Å². The van der Waals surface area contributed by atoms with Gasteiger partial charge in [0.25, 0.3) is 0 Å². The molecule has 0 unspecified atom stereocenters. The van der Waals surface area contributed by atoms with Crippen molar-refractivity contribution in [1.82, 2.24) is 20.0 Å². The molecule has 3 aliphatic rings. The Kier molecular flexibility index (Phi) is 10.1. The van der Waals surface area contributed by atoms with E-state index in [4.69, 9.17) is 17.3 Å². The number of hydrogen-bond donors (Lipinski definition) is 2. The number of likely N-dealkylation sites (tertiary alicyclic amines) is 1. The van der Waals surface area contributed by atoms with E-state index in [2.05, 4.69) is 24.1 Å². The first kappa shape index (κ1) is 28.2. The third-order valence-electron chi connectivity index (χ3n) is 8.75. The molecule has 1 saturated heterocycles. The van der Waals surface area contributed by atoms with E-state index in [9.17, 15) is 9.59 Å². The lowest BCUT2D eigenvalue weighted by atomic mass is 9.88. The Balaban J connectivity index is 1.41. The minimum Gasteiger partial charge on any atom is -0.341 e. The smallest absolute Gasteiger partial charge is 0.320 e. The van der Waals surface area contributed by atoms with Crippen LogP contribution in [0.4, 0.5) is 4.79 Å². The van der Waals surface area contributed by atoms with Crippen LogP contribution >= 0.6 is 11.6 Å². The van der Waals surface area contributed by atoms with Crippen molar-refractivity contribution in [2.45, 2.75) is 108 Å². The lowest BCUT2D eigenvalue weighted by Gasteiger charge is -2.47. The molecule has 3 amide bonds. The van der Waals surface area contributed by atoms with Gasteiger partial charge in [-0.1, -0.05) is 23.7 Å². The minimum absolute atomic E-state index is 0.175. The second-order valence-electron chi connectivity index (χ2n) is 11.2. The summed E-state index contributed by atoms with van der Waals surface area (Å²) >= 11 is 6.10. The Hall–Kier alpha value is -1.83. The topological polar surface area (TPSA) is 81.9 Å². The van der Waals surface area contributed by atoms with Gasteiger partial charge in [-0.25, -0.2) is 4.79 Å². The summed E-state index contributed by atoms with van der Waals surface area (Å²) in [6.45, 7) is 6.98. The number of carbonyl (C=O) groups excluding carboxylic acids is 2. The lowest BCUT2D eigenvalue weighted by molar-refractivity contribution is -0.135. The summed E-state index contributed by atoms with van der Waals surface area (Å²) in [5.74, 6) is 0.175. The molecule has 1 atom stereocenters. The van der Waals surface area contributed by atoms with Crippen LogP contribution in [0.25, 0.3) is 0 Å². The summed E-state index contributed by atoms with van der Waals surface area (Å²) in [7, 11) is 0. The molecule has 2 saturated carbocycles. The van der Waals surface area contributed by atoms with Crippen LogP contribution in [0.2, 0.25) is 5.02 Å². The predicted octanol–water partition coefficient (Wildman–Crippen LogP) is 4.42. The number of halogens is 1. The van der Waals surface area contributed by atoms with E-state index in [0.717, 1.165) is 70.0 Å². The molecule has 1 aromatic rings. The summed E-state index contributed by atoms with van der Waals surface area (Å²) in [5, 5.41) is 4.41. The zero-order chi connectivity index (χ0) is 26.4. The maximum Gasteiger partial charge on any atom is 0.320 e. The summed E-state index contributed by atoms with van der Waals surface area (Å²) in [6, 6.07) is 8.90. The van der Waals surface area contributed by atoms with Crippen LogP contribution in [-0.4, -0.2) is 83.0 Å². The van der Waals surface area contributed by atoms with Crippen molar-refractivity contribution in [1.29, 1.82) is 0 Å². The monoisotopic (exact) mass is 531 g/mol. The van der Waals surface area contributed by atoms with E-state index in [0.29, 0.717) is 36.6 Å². The molecule has 1 aromatic carbocycles. The highest BCUT2D eigenvalue weighted by molar-refractivity contribution is 6.30. The number of hydrogen-bond acceptors (Lipinski definition) is 4. The van der Waals surface area contributed by atoms with Crippen molar-refractivity contribution in [3.05, 3.63) is 34.9 Å². The van der Waals surface area contributed by atoms with E-state index in [1.165, 1.54) is 6.42 Å². The fourth-order valence-electron chi connectivity index (χ4n) is 6.16. The number of benzene rings is 1. The van der Waals surface area contributed by atoms with Crippen molar-refractivity contribution >= 4 is 23.5 Å². The first-order valence-corrected chi connectivity index (χ1v) is 14.9. The van der Waals surface area contributed by atoms with Gasteiger partial charge in [0.1, 0.15) is 0 Å². The molecule has 0 spiro atoms. The maximum atomic E-state index is 13.8. The van der Waals surface area contributed by atoms with E-state index in [-0.39, 0.29) is 30.1 Å². The van der Waals surface area contributed by atoms with Crippen molar-refractivity contribution in [2.75, 3.05) is 26.2 Å². The van der Waals surface area contributed by atoms with E-state index < -0.39 is 0 Å². The minimum atomic E-state index is -0.267. The first-order valence-electron chi connectivity index (χ1n) is 14.5. The molecule has 0 radical (unpaired) electrons. The normalized spacial score (nSPS) is 23.8. The number of rotatable bonds is 9. The second-order valence-corrected chi connectivity index (χ2v) is 11.6. The van der Waals surface area contributed by atoms with Crippen LogP contribution in [0.15, 0.2) is 24.3 Å². The van der Waals surface area contributed by atoms with Crippen LogP contribution < -0.4 is 11.1 Å². The van der Waals surface area contributed by atoms with E-state index >= 15 is 0 Å². The Bertz CT molecular complexity index is 873. The van der Waals surface area contributed by atoms with Crippen molar-refractivity contribution in [2.24, 2.45) is 5.73 Å². The molecule has 4 rings (SSSR count). The molecular formula is C29H46ClN5O2. The van der Waals surface area contributed by atoms with Gasteiger partial charge in [-0.3, -0.25) is 4.79 Å². The van der Waals surface area contributed by atoms with Gasteiger partial charge in [0.2, 0.25) is 5.91 Å². The average Bonchev–Trinajstić information content (AvgIpc) is 2.88. The van der Waals surface area contributed by atoms with Gasteiger partial charge in [-0.05, 0) is 95.8 Å². The Morgan fingerprint density at radius 2 is 1.57 bits per heavy atom. The van der Waals surface area contributed by atoms with Gasteiger partial charge in [0.15, 0.2) is 0 Å². The maximum absolute atomic E-state index is 13.8. The van der Waals surface area contributed by atoms with Gasteiger partial charge in [-0.15, -0.1) is 0 Å². The fraction of sp³-hybridized carbons (Fsp3) is 0.724. The van der Waals surface area contributed by atoms with Gasteiger partial charge in [-0.2, -0.15) is 0 Å². The molecule has 3 fully saturated rings. The van der Waals surface area contributed by atoms with Crippen LogP contribution in [0.5, 0.6) is 0 Å². The van der Waals surface area contributed by atoms with Crippen molar-refractivity contribution < 1.29 is 9.59 Å². The Morgan fingerprint density at radius 1 is 0.973 bits per heavy atom. The number of carbonyl (C=O) groups is 2. The zero-order valence-electron chi connectivity index (χ0n) is 22.7. The van der Waals surface area contributed by atoms with Gasteiger partial charge in [0, 0.05) is 55.4 Å².